The molecule has 196 valence electrons. The van der Waals surface area contributed by atoms with Crippen LogP contribution in [0.25, 0.3) is 0 Å². The van der Waals surface area contributed by atoms with Crippen LogP contribution in [0.1, 0.15) is 70.8 Å². The molecule has 2 atom stereocenters. The van der Waals surface area contributed by atoms with Crippen LogP contribution in [0.4, 0.5) is 4.79 Å². The first-order valence-electron chi connectivity index (χ1n) is 12.8. The molecule has 1 saturated carbocycles. The van der Waals surface area contributed by atoms with Crippen molar-refractivity contribution >= 4 is 16.1 Å². The third kappa shape index (κ3) is 6.76. The summed E-state index contributed by atoms with van der Waals surface area (Å²) in [6.45, 7) is 6.58. The van der Waals surface area contributed by atoms with E-state index in [1.165, 1.54) is 5.56 Å². The van der Waals surface area contributed by atoms with Crippen molar-refractivity contribution in [2.75, 3.05) is 32.1 Å². The lowest BCUT2D eigenvalue weighted by Crippen LogP contribution is -2.69. The van der Waals surface area contributed by atoms with Crippen molar-refractivity contribution in [2.24, 2.45) is 0 Å². The molecule has 2 saturated heterocycles. The van der Waals surface area contributed by atoms with Gasteiger partial charge in [-0.3, -0.25) is 0 Å². The summed E-state index contributed by atoms with van der Waals surface area (Å²) in [6, 6.07) is 10.1. The van der Waals surface area contributed by atoms with Crippen molar-refractivity contribution in [2.45, 2.75) is 88.5 Å². The molecule has 1 spiro atoms. The highest BCUT2D eigenvalue weighted by atomic mass is 32.2. The van der Waals surface area contributed by atoms with Gasteiger partial charge in [0.1, 0.15) is 5.60 Å². The Labute approximate surface area is 209 Å². The molecule has 1 aliphatic carbocycles. The van der Waals surface area contributed by atoms with Crippen molar-refractivity contribution in [1.82, 2.24) is 9.62 Å². The number of hydrogen-bond donors (Lipinski definition) is 1. The molecular weight excluding hydrogens is 468 g/mol. The molecule has 1 amide bonds. The van der Waals surface area contributed by atoms with Gasteiger partial charge in [0.05, 0.1) is 43.3 Å². The Balaban J connectivity index is 1.48. The zero-order chi connectivity index (χ0) is 25.1. The number of ether oxygens (including phenoxy) is 3. The second kappa shape index (κ2) is 10.7. The minimum absolute atomic E-state index is 0.0812. The van der Waals surface area contributed by atoms with Gasteiger partial charge in [-0.15, -0.1) is 0 Å². The molecule has 0 aromatic heterocycles. The molecule has 1 aromatic rings. The number of benzene rings is 1. The van der Waals surface area contributed by atoms with Crippen molar-refractivity contribution in [3.8, 4) is 0 Å². The van der Waals surface area contributed by atoms with E-state index in [2.05, 4.69) is 29.0 Å². The number of nitrogens with zero attached hydrogens (tertiary/aromatic N) is 1. The average molecular weight is 509 g/mol. The molecule has 0 bridgehead atoms. The Morgan fingerprint density at radius 3 is 2.57 bits per heavy atom. The van der Waals surface area contributed by atoms with E-state index in [1.807, 2.05) is 26.8 Å². The Hall–Kier alpha value is -1.68. The zero-order valence-electron chi connectivity index (χ0n) is 21.2. The molecule has 3 fully saturated rings. The Morgan fingerprint density at radius 1 is 1.17 bits per heavy atom. The monoisotopic (exact) mass is 508 g/mol. The minimum Gasteiger partial charge on any atom is -0.444 e. The molecule has 2 heterocycles. The van der Waals surface area contributed by atoms with Crippen molar-refractivity contribution < 1.29 is 27.4 Å². The van der Waals surface area contributed by atoms with Gasteiger partial charge in [-0.2, -0.15) is 0 Å². The number of nitrogens with one attached hydrogen (secondary N) is 1. The molecule has 0 unspecified atom stereocenters. The van der Waals surface area contributed by atoms with Crippen LogP contribution in [0.3, 0.4) is 0 Å². The fourth-order valence-corrected chi connectivity index (χ4v) is 6.95. The lowest BCUT2D eigenvalue weighted by atomic mass is 9.81. The van der Waals surface area contributed by atoms with Crippen LogP contribution in [-0.4, -0.2) is 74.8 Å². The summed E-state index contributed by atoms with van der Waals surface area (Å²) >= 11 is 0. The molecule has 8 nitrogen and oxygen atoms in total. The molecule has 1 aromatic carbocycles. The van der Waals surface area contributed by atoms with Gasteiger partial charge in [-0.1, -0.05) is 30.3 Å². The van der Waals surface area contributed by atoms with Crippen molar-refractivity contribution in [1.29, 1.82) is 0 Å². The minimum atomic E-state index is -3.53. The van der Waals surface area contributed by atoms with E-state index in [4.69, 9.17) is 14.2 Å². The van der Waals surface area contributed by atoms with Crippen LogP contribution in [-0.2, 0) is 24.2 Å². The fourth-order valence-electron chi connectivity index (χ4n) is 5.59. The number of rotatable bonds is 4. The van der Waals surface area contributed by atoms with Crippen LogP contribution in [0.5, 0.6) is 0 Å². The summed E-state index contributed by atoms with van der Waals surface area (Å²) < 4.78 is 46.2. The Kier molecular flexibility index (Phi) is 8.10. The quantitative estimate of drug-likeness (QED) is 0.665. The normalized spacial score (nSPS) is 31.6. The van der Waals surface area contributed by atoms with Gasteiger partial charge in [0.25, 0.3) is 0 Å². The maximum absolute atomic E-state index is 13.2. The molecule has 2 aliphatic heterocycles. The molecular formula is C26H40N2O6S. The molecule has 4 rings (SSSR count). The number of amides is 1. The van der Waals surface area contributed by atoms with E-state index in [1.54, 1.807) is 4.90 Å². The Morgan fingerprint density at radius 2 is 1.89 bits per heavy atom. The topological polar surface area (TPSA) is 94.2 Å². The van der Waals surface area contributed by atoms with Gasteiger partial charge < -0.3 is 19.1 Å². The van der Waals surface area contributed by atoms with E-state index in [0.717, 1.165) is 25.7 Å². The van der Waals surface area contributed by atoms with Crippen LogP contribution in [0.15, 0.2) is 30.3 Å². The van der Waals surface area contributed by atoms with E-state index in [9.17, 15) is 13.2 Å². The predicted molar refractivity (Wildman–Crippen MR) is 134 cm³/mol. The number of sulfonamides is 1. The second-order valence-electron chi connectivity index (χ2n) is 11.1. The largest absolute Gasteiger partial charge is 0.444 e. The van der Waals surface area contributed by atoms with Crippen LogP contribution < -0.4 is 4.72 Å². The first kappa shape index (κ1) is 26.4. The maximum atomic E-state index is 13.2. The van der Waals surface area contributed by atoms with Crippen molar-refractivity contribution in [3.05, 3.63) is 35.9 Å². The molecule has 0 radical (unpaired) electrons. The summed E-state index contributed by atoms with van der Waals surface area (Å²) in [6.07, 6.45) is 4.86. The van der Waals surface area contributed by atoms with Crippen molar-refractivity contribution in [3.63, 3.8) is 0 Å². The van der Waals surface area contributed by atoms with Gasteiger partial charge in [0.15, 0.2) is 0 Å². The number of carbonyl (C=O) groups is 1. The maximum Gasteiger partial charge on any atom is 0.410 e. The van der Waals surface area contributed by atoms with Gasteiger partial charge in [-0.25, -0.2) is 17.9 Å². The number of piperidine rings is 1. The van der Waals surface area contributed by atoms with E-state index in [-0.39, 0.29) is 31.7 Å². The summed E-state index contributed by atoms with van der Waals surface area (Å²) in [5.41, 5.74) is -0.202. The highest BCUT2D eigenvalue weighted by Crippen LogP contribution is 2.36. The fraction of sp³-hybridized carbons (Fsp3) is 0.731. The SMILES string of the molecule is CC(C)(C)OC(=O)N1CCC[C@@]2(COCCS(=O)(=O)N2)[C@@H]1CO[C@H]1CC[C@@H](c2ccccc2)CC1. The van der Waals surface area contributed by atoms with Gasteiger partial charge in [0.2, 0.25) is 10.0 Å². The third-order valence-electron chi connectivity index (χ3n) is 7.31. The van der Waals surface area contributed by atoms with Gasteiger partial charge in [-0.05, 0) is 70.8 Å². The lowest BCUT2D eigenvalue weighted by molar-refractivity contribution is -0.0705. The lowest BCUT2D eigenvalue weighted by Gasteiger charge is -2.49. The first-order chi connectivity index (χ1) is 16.6. The molecule has 9 heteroatoms. The predicted octanol–water partition coefficient (Wildman–Crippen LogP) is 3.82. The third-order valence-corrected chi connectivity index (χ3v) is 8.74. The second-order valence-corrected chi connectivity index (χ2v) is 13.0. The smallest absolute Gasteiger partial charge is 0.410 e. The highest BCUT2D eigenvalue weighted by molar-refractivity contribution is 7.89. The summed E-state index contributed by atoms with van der Waals surface area (Å²) in [7, 11) is -3.53. The average Bonchev–Trinajstić information content (AvgIpc) is 2.95. The zero-order valence-corrected chi connectivity index (χ0v) is 22.0. The van der Waals surface area contributed by atoms with Gasteiger partial charge >= 0.3 is 6.09 Å². The first-order valence-corrected chi connectivity index (χ1v) is 14.5. The van der Waals surface area contributed by atoms with Crippen LogP contribution in [0, 0.1) is 0 Å². The summed E-state index contributed by atoms with van der Waals surface area (Å²) in [4.78, 5) is 14.8. The summed E-state index contributed by atoms with van der Waals surface area (Å²) in [5.74, 6) is 0.454. The van der Waals surface area contributed by atoms with E-state index < -0.39 is 33.3 Å². The van der Waals surface area contributed by atoms with E-state index >= 15 is 0 Å². The standard InChI is InChI=1S/C26H40N2O6S/c1-25(2,3)34-24(29)28-15-7-14-26(19-32-16-17-35(30,31)27-26)23(28)18-33-22-12-10-21(11-13-22)20-8-5-4-6-9-20/h4-6,8-9,21-23,27H,7,10-19H2,1-3H3/t21-,22+,23-,26+/m0/s1. The molecule has 3 aliphatic rings. The molecule has 1 N–H and O–H groups in total. The number of likely N-dealkylation sites (tertiary alicyclic amines) is 1. The molecule has 35 heavy (non-hydrogen) atoms. The Bertz CT molecular complexity index is 956. The van der Waals surface area contributed by atoms with Crippen LogP contribution >= 0.6 is 0 Å². The van der Waals surface area contributed by atoms with Crippen LogP contribution in [0.2, 0.25) is 0 Å². The highest BCUT2D eigenvalue weighted by Gasteiger charge is 2.51. The summed E-state index contributed by atoms with van der Waals surface area (Å²) in [5, 5.41) is 0. The number of carbonyl (C=O) groups excluding carboxylic acids is 1. The van der Waals surface area contributed by atoms with E-state index in [0.29, 0.717) is 25.3 Å². The number of hydrogen-bond acceptors (Lipinski definition) is 6. The van der Waals surface area contributed by atoms with Gasteiger partial charge in [0, 0.05) is 6.54 Å².